The van der Waals surface area contributed by atoms with Gasteiger partial charge in [0, 0.05) is 18.5 Å². The van der Waals surface area contributed by atoms with Gasteiger partial charge in [-0.25, -0.2) is 9.78 Å². The predicted octanol–water partition coefficient (Wildman–Crippen LogP) is 4.34. The number of aliphatic carboxylic acids is 1. The molecule has 0 spiro atoms. The summed E-state index contributed by atoms with van der Waals surface area (Å²) in [6.07, 6.45) is 0.372. The number of nitrogens with one attached hydrogen (secondary N) is 1. The lowest BCUT2D eigenvalue weighted by Gasteiger charge is -2.26. The van der Waals surface area contributed by atoms with E-state index in [-0.39, 0.29) is 5.91 Å². The Morgan fingerprint density at radius 1 is 1.09 bits per heavy atom. The minimum atomic E-state index is -5.08. The minimum absolute atomic E-state index is 0.0617. The number of amides is 1. The molecule has 3 aromatic rings. The Kier molecular flexibility index (Phi) is 8.05. The monoisotopic (exact) mass is 463 g/mol. The van der Waals surface area contributed by atoms with Gasteiger partial charge in [-0.2, -0.15) is 13.2 Å². The number of furan rings is 1. The van der Waals surface area contributed by atoms with E-state index in [2.05, 4.69) is 15.2 Å². The number of hydrogen-bond donors (Lipinski definition) is 2. The molecular formula is C23H24F3N3O4. The first-order valence-corrected chi connectivity index (χ1v) is 10.5. The quantitative estimate of drug-likeness (QED) is 0.584. The summed E-state index contributed by atoms with van der Waals surface area (Å²) in [6, 6.07) is 13.2. The van der Waals surface area contributed by atoms with Crippen molar-refractivity contribution in [2.24, 2.45) is 0 Å². The summed E-state index contributed by atoms with van der Waals surface area (Å²) in [4.78, 5) is 28.8. The van der Waals surface area contributed by atoms with Crippen molar-refractivity contribution < 1.29 is 32.3 Å². The highest BCUT2D eigenvalue weighted by molar-refractivity contribution is 6.07. The highest BCUT2D eigenvalue weighted by Gasteiger charge is 2.38. The number of para-hydroxylation sites is 1. The number of piperidine rings is 1. The van der Waals surface area contributed by atoms with E-state index in [9.17, 15) is 18.0 Å². The van der Waals surface area contributed by atoms with E-state index in [4.69, 9.17) is 14.3 Å². The first kappa shape index (κ1) is 24.2. The Morgan fingerprint density at radius 3 is 2.42 bits per heavy atom. The van der Waals surface area contributed by atoms with E-state index in [1.165, 1.54) is 19.3 Å². The number of carboxylic acids is 1. The number of carbonyl (C=O) groups excluding carboxylic acids is 1. The van der Waals surface area contributed by atoms with Crippen LogP contribution in [0, 0.1) is 0 Å². The molecule has 1 amide bonds. The summed E-state index contributed by atoms with van der Waals surface area (Å²) >= 11 is 0. The number of fused-ring (bicyclic) bond motifs is 1. The van der Waals surface area contributed by atoms with Crippen LogP contribution in [0.25, 0.3) is 22.4 Å². The van der Waals surface area contributed by atoms with Crippen LogP contribution in [-0.2, 0) is 4.79 Å². The van der Waals surface area contributed by atoms with Crippen molar-refractivity contribution in [3.8, 4) is 11.5 Å². The fourth-order valence-corrected chi connectivity index (χ4v) is 3.52. The molecule has 0 saturated carbocycles. The zero-order chi connectivity index (χ0) is 23.8. The van der Waals surface area contributed by atoms with Crippen LogP contribution < -0.4 is 5.32 Å². The molecule has 1 saturated heterocycles. The van der Waals surface area contributed by atoms with E-state index in [0.717, 1.165) is 30.5 Å². The van der Waals surface area contributed by atoms with Gasteiger partial charge in [0.05, 0.1) is 17.3 Å². The average Bonchev–Trinajstić information content (AvgIpc) is 3.34. The van der Waals surface area contributed by atoms with Gasteiger partial charge < -0.3 is 19.7 Å². The predicted molar refractivity (Wildman–Crippen MR) is 116 cm³/mol. The standard InChI is InChI=1S/C21H23N3O2.C2HF3O2/c25-21(22-10-13-24-11-4-1-5-12-24)17-15-19(20-9-6-14-26-20)23-18-8-3-2-7-16(17)18;3-2(4,5)1(6)7/h2-3,6-9,14-15H,1,4-5,10-13H2,(H,22,25);(H,6,7). The number of alkyl halides is 3. The number of halogens is 3. The highest BCUT2D eigenvalue weighted by Crippen LogP contribution is 2.25. The van der Waals surface area contributed by atoms with Gasteiger partial charge in [0.15, 0.2) is 5.76 Å². The molecule has 10 heteroatoms. The normalized spacial score (nSPS) is 14.4. The lowest BCUT2D eigenvalue weighted by Crippen LogP contribution is -2.37. The number of benzene rings is 1. The van der Waals surface area contributed by atoms with E-state index in [0.29, 0.717) is 23.6 Å². The van der Waals surface area contributed by atoms with Gasteiger partial charge in [-0.05, 0) is 50.2 Å². The molecule has 3 heterocycles. The summed E-state index contributed by atoms with van der Waals surface area (Å²) in [5, 5.41) is 11.1. The molecular weight excluding hydrogens is 439 g/mol. The molecule has 1 aromatic carbocycles. The summed E-state index contributed by atoms with van der Waals surface area (Å²) in [5.74, 6) is -2.15. The van der Waals surface area contributed by atoms with E-state index >= 15 is 0 Å². The molecule has 0 aliphatic carbocycles. The molecule has 1 aliphatic heterocycles. The molecule has 0 bridgehead atoms. The average molecular weight is 463 g/mol. The van der Waals surface area contributed by atoms with Crippen LogP contribution in [0.2, 0.25) is 0 Å². The third-order valence-electron chi connectivity index (χ3n) is 5.14. The topological polar surface area (TPSA) is 95.7 Å². The van der Waals surface area contributed by atoms with Gasteiger partial charge in [0.1, 0.15) is 5.69 Å². The number of likely N-dealkylation sites (tertiary alicyclic amines) is 1. The summed E-state index contributed by atoms with van der Waals surface area (Å²) in [5.41, 5.74) is 2.11. The number of carbonyl (C=O) groups is 2. The van der Waals surface area contributed by atoms with Crippen molar-refractivity contribution in [2.45, 2.75) is 25.4 Å². The van der Waals surface area contributed by atoms with Gasteiger partial charge >= 0.3 is 12.1 Å². The Hall–Kier alpha value is -3.40. The third kappa shape index (κ3) is 6.79. The molecule has 2 aromatic heterocycles. The molecule has 176 valence electrons. The second-order valence-corrected chi connectivity index (χ2v) is 7.51. The van der Waals surface area contributed by atoms with Crippen LogP contribution in [0.4, 0.5) is 13.2 Å². The Bertz CT molecular complexity index is 1080. The molecule has 1 fully saturated rings. The molecule has 2 N–H and O–H groups in total. The van der Waals surface area contributed by atoms with Crippen molar-refractivity contribution in [3.63, 3.8) is 0 Å². The number of pyridine rings is 1. The number of hydrogen-bond acceptors (Lipinski definition) is 5. The molecule has 4 rings (SSSR count). The van der Waals surface area contributed by atoms with Crippen LogP contribution >= 0.6 is 0 Å². The van der Waals surface area contributed by atoms with E-state index in [1.807, 2.05) is 42.5 Å². The second-order valence-electron chi connectivity index (χ2n) is 7.51. The summed E-state index contributed by atoms with van der Waals surface area (Å²) in [6.45, 7) is 3.83. The number of nitrogens with zero attached hydrogens (tertiary/aromatic N) is 2. The highest BCUT2D eigenvalue weighted by atomic mass is 19.4. The van der Waals surface area contributed by atoms with Crippen LogP contribution in [-0.4, -0.2) is 59.2 Å². The fourth-order valence-electron chi connectivity index (χ4n) is 3.52. The van der Waals surface area contributed by atoms with E-state index < -0.39 is 12.1 Å². The number of aromatic nitrogens is 1. The Balaban J connectivity index is 0.000000383. The first-order valence-electron chi connectivity index (χ1n) is 10.5. The van der Waals surface area contributed by atoms with Crippen LogP contribution in [0.5, 0.6) is 0 Å². The molecule has 33 heavy (non-hydrogen) atoms. The first-order chi connectivity index (χ1) is 15.8. The SMILES string of the molecule is O=C(NCCN1CCCCC1)c1cc(-c2ccco2)nc2ccccc12.O=C(O)C(F)(F)F. The van der Waals surface area contributed by atoms with Gasteiger partial charge in [0.2, 0.25) is 0 Å². The Labute approximate surface area is 188 Å². The van der Waals surface area contributed by atoms with Gasteiger partial charge in [-0.3, -0.25) is 4.79 Å². The molecule has 0 unspecified atom stereocenters. The van der Waals surface area contributed by atoms with Crippen molar-refractivity contribution in [1.29, 1.82) is 0 Å². The smallest absolute Gasteiger partial charge is 0.475 e. The van der Waals surface area contributed by atoms with Crippen LogP contribution in [0.15, 0.2) is 53.1 Å². The maximum Gasteiger partial charge on any atom is 0.490 e. The number of carboxylic acid groups (broad SMARTS) is 1. The molecule has 0 atom stereocenters. The summed E-state index contributed by atoms with van der Waals surface area (Å²) in [7, 11) is 0. The van der Waals surface area contributed by atoms with Crippen LogP contribution in [0.3, 0.4) is 0 Å². The van der Waals surface area contributed by atoms with Crippen LogP contribution in [0.1, 0.15) is 29.6 Å². The second kappa shape index (κ2) is 11.0. The maximum absolute atomic E-state index is 12.8. The lowest BCUT2D eigenvalue weighted by atomic mass is 10.1. The zero-order valence-corrected chi connectivity index (χ0v) is 17.8. The minimum Gasteiger partial charge on any atom is -0.475 e. The molecule has 7 nitrogen and oxygen atoms in total. The van der Waals surface area contributed by atoms with Gasteiger partial charge in [-0.1, -0.05) is 24.6 Å². The summed E-state index contributed by atoms with van der Waals surface area (Å²) < 4.78 is 37.2. The molecule has 1 aliphatic rings. The van der Waals surface area contributed by atoms with Gasteiger partial charge in [0.25, 0.3) is 5.91 Å². The van der Waals surface area contributed by atoms with Gasteiger partial charge in [-0.15, -0.1) is 0 Å². The van der Waals surface area contributed by atoms with E-state index in [1.54, 1.807) is 6.26 Å². The third-order valence-corrected chi connectivity index (χ3v) is 5.14. The number of rotatable bonds is 5. The zero-order valence-electron chi connectivity index (χ0n) is 17.8. The van der Waals surface area contributed by atoms with Crippen molar-refractivity contribution in [2.75, 3.05) is 26.2 Å². The van der Waals surface area contributed by atoms with Crippen molar-refractivity contribution in [3.05, 3.63) is 54.3 Å². The largest absolute Gasteiger partial charge is 0.490 e. The molecule has 0 radical (unpaired) electrons. The maximum atomic E-state index is 12.8. The Morgan fingerprint density at radius 2 is 1.79 bits per heavy atom. The lowest BCUT2D eigenvalue weighted by molar-refractivity contribution is -0.192. The van der Waals surface area contributed by atoms with Crippen molar-refractivity contribution in [1.82, 2.24) is 15.2 Å². The van der Waals surface area contributed by atoms with Crippen molar-refractivity contribution >= 4 is 22.8 Å². The fraction of sp³-hybridized carbons (Fsp3) is 0.348.